The van der Waals surface area contributed by atoms with Crippen molar-refractivity contribution in [3.63, 3.8) is 0 Å². The van der Waals surface area contributed by atoms with Crippen molar-refractivity contribution in [2.75, 3.05) is 26.0 Å². The maximum absolute atomic E-state index is 12.1. The lowest BCUT2D eigenvalue weighted by Crippen LogP contribution is -2.30. The molecule has 0 aliphatic carbocycles. The highest BCUT2D eigenvalue weighted by atomic mass is 35.5. The summed E-state index contributed by atoms with van der Waals surface area (Å²) in [5.41, 5.74) is 3.33. The summed E-state index contributed by atoms with van der Waals surface area (Å²) in [4.78, 5) is 18.1. The van der Waals surface area contributed by atoms with E-state index in [1.165, 1.54) is 6.20 Å². The Morgan fingerprint density at radius 3 is 2.50 bits per heavy atom. The second kappa shape index (κ2) is 8.13. The number of carbonyl (C=O) groups is 1. The lowest BCUT2D eigenvalue weighted by Gasteiger charge is -2.18. The number of aryl methyl sites for hydroxylation is 2. The van der Waals surface area contributed by atoms with Gasteiger partial charge in [-0.05, 0) is 49.7 Å². The average Bonchev–Trinajstić information content (AvgIpc) is 2.49. The number of hydrogen-bond acceptors (Lipinski definition) is 4. The first kappa shape index (κ1) is 18.2. The van der Waals surface area contributed by atoms with Crippen molar-refractivity contribution in [1.82, 2.24) is 9.88 Å². The number of halogens is 1. The molecule has 0 saturated heterocycles. The molecule has 24 heavy (non-hydrogen) atoms. The normalized spacial score (nSPS) is 10.8. The number of nitrogens with one attached hydrogen (secondary N) is 1. The molecule has 1 amide bonds. The lowest BCUT2D eigenvalue weighted by atomic mass is 10.1. The molecular weight excluding hydrogens is 326 g/mol. The molecule has 0 bridgehead atoms. The number of nitrogens with zero attached hydrogens (tertiary/aromatic N) is 2. The van der Waals surface area contributed by atoms with Gasteiger partial charge in [0, 0.05) is 12.7 Å². The van der Waals surface area contributed by atoms with Crippen LogP contribution in [0.25, 0.3) is 0 Å². The zero-order chi connectivity index (χ0) is 17.7. The van der Waals surface area contributed by atoms with E-state index in [1.54, 1.807) is 19.2 Å². The molecule has 0 spiro atoms. The third kappa shape index (κ3) is 4.94. The minimum Gasteiger partial charge on any atom is -0.496 e. The first-order valence-corrected chi connectivity index (χ1v) is 8.01. The molecule has 1 aromatic heterocycles. The van der Waals surface area contributed by atoms with Gasteiger partial charge in [-0.3, -0.25) is 9.69 Å². The Morgan fingerprint density at radius 2 is 1.96 bits per heavy atom. The largest absolute Gasteiger partial charge is 0.496 e. The smallest absolute Gasteiger partial charge is 0.239 e. The summed E-state index contributed by atoms with van der Waals surface area (Å²) in [6.45, 7) is 4.99. The Kier molecular flexibility index (Phi) is 6.17. The summed E-state index contributed by atoms with van der Waals surface area (Å²) in [6, 6.07) is 7.54. The van der Waals surface area contributed by atoms with Crippen LogP contribution < -0.4 is 10.1 Å². The fourth-order valence-electron chi connectivity index (χ4n) is 2.70. The molecule has 0 atom stereocenters. The van der Waals surface area contributed by atoms with Crippen LogP contribution in [0.1, 0.15) is 16.7 Å². The predicted octanol–water partition coefficient (Wildman–Crippen LogP) is 3.43. The number of amides is 1. The SMILES string of the molecule is COc1c(C)cc(CN(C)CC(=O)Nc2ccc(Cl)cn2)cc1C. The van der Waals surface area contributed by atoms with Crippen molar-refractivity contribution < 1.29 is 9.53 Å². The maximum Gasteiger partial charge on any atom is 0.239 e. The van der Waals surface area contributed by atoms with E-state index in [0.29, 0.717) is 17.4 Å². The van der Waals surface area contributed by atoms with Gasteiger partial charge < -0.3 is 10.1 Å². The fraction of sp³-hybridized carbons (Fsp3) is 0.333. The van der Waals surface area contributed by atoms with Gasteiger partial charge in [0.1, 0.15) is 11.6 Å². The van der Waals surface area contributed by atoms with Crippen LogP contribution in [0.3, 0.4) is 0 Å². The summed E-state index contributed by atoms with van der Waals surface area (Å²) in [5.74, 6) is 1.29. The van der Waals surface area contributed by atoms with Crippen LogP contribution in [-0.2, 0) is 11.3 Å². The Labute approximate surface area is 147 Å². The van der Waals surface area contributed by atoms with Crippen molar-refractivity contribution in [1.29, 1.82) is 0 Å². The zero-order valence-electron chi connectivity index (χ0n) is 14.4. The van der Waals surface area contributed by atoms with Gasteiger partial charge in [0.15, 0.2) is 0 Å². The number of carbonyl (C=O) groups excluding carboxylic acids is 1. The van der Waals surface area contributed by atoms with Gasteiger partial charge in [-0.2, -0.15) is 0 Å². The van der Waals surface area contributed by atoms with Crippen LogP contribution >= 0.6 is 11.6 Å². The number of anilines is 1. The van der Waals surface area contributed by atoms with Crippen LogP contribution in [0.2, 0.25) is 5.02 Å². The highest BCUT2D eigenvalue weighted by Crippen LogP contribution is 2.24. The molecule has 1 aromatic carbocycles. The third-order valence-corrected chi connectivity index (χ3v) is 3.81. The molecule has 0 aliphatic rings. The van der Waals surface area contributed by atoms with Gasteiger partial charge in [0.2, 0.25) is 5.91 Å². The molecule has 0 unspecified atom stereocenters. The molecular formula is C18H22ClN3O2. The van der Waals surface area contributed by atoms with Crippen molar-refractivity contribution in [3.05, 3.63) is 52.2 Å². The highest BCUT2D eigenvalue weighted by Gasteiger charge is 2.10. The molecule has 1 heterocycles. The lowest BCUT2D eigenvalue weighted by molar-refractivity contribution is -0.117. The molecule has 0 saturated carbocycles. The minimum atomic E-state index is -0.116. The Balaban J connectivity index is 1.94. The van der Waals surface area contributed by atoms with E-state index in [4.69, 9.17) is 16.3 Å². The highest BCUT2D eigenvalue weighted by molar-refractivity contribution is 6.30. The molecule has 2 aromatic rings. The summed E-state index contributed by atoms with van der Waals surface area (Å²) in [7, 11) is 3.58. The molecule has 0 aliphatic heterocycles. The molecule has 0 radical (unpaired) electrons. The third-order valence-electron chi connectivity index (χ3n) is 3.59. The standard InChI is InChI=1S/C18H22ClN3O2/c1-12-7-14(8-13(2)18(12)24-4)10-22(3)11-17(23)21-16-6-5-15(19)9-20-16/h5-9H,10-11H2,1-4H3,(H,20,21,23). The van der Waals surface area contributed by atoms with Gasteiger partial charge in [-0.25, -0.2) is 4.98 Å². The van der Waals surface area contributed by atoms with Crippen LogP contribution in [0.5, 0.6) is 5.75 Å². The van der Waals surface area contributed by atoms with Gasteiger partial charge in [-0.1, -0.05) is 23.7 Å². The first-order chi connectivity index (χ1) is 11.4. The van der Waals surface area contributed by atoms with E-state index in [1.807, 2.05) is 25.8 Å². The summed E-state index contributed by atoms with van der Waals surface area (Å²) < 4.78 is 5.38. The minimum absolute atomic E-state index is 0.116. The van der Waals surface area contributed by atoms with Crippen LogP contribution in [0.15, 0.2) is 30.5 Å². The number of pyridine rings is 1. The van der Waals surface area contributed by atoms with Gasteiger partial charge in [0.05, 0.1) is 18.7 Å². The number of aromatic nitrogens is 1. The van der Waals surface area contributed by atoms with Gasteiger partial charge in [-0.15, -0.1) is 0 Å². The van der Waals surface area contributed by atoms with E-state index in [2.05, 4.69) is 22.4 Å². The number of methoxy groups -OCH3 is 1. The van der Waals surface area contributed by atoms with Crippen LogP contribution in [0, 0.1) is 13.8 Å². The average molecular weight is 348 g/mol. The van der Waals surface area contributed by atoms with Crippen LogP contribution in [0.4, 0.5) is 5.82 Å². The van der Waals surface area contributed by atoms with Gasteiger partial charge >= 0.3 is 0 Å². The molecule has 1 N–H and O–H groups in total. The second-order valence-electron chi connectivity index (χ2n) is 5.84. The number of benzene rings is 1. The monoisotopic (exact) mass is 347 g/mol. The number of hydrogen-bond donors (Lipinski definition) is 1. The van der Waals surface area contributed by atoms with Crippen LogP contribution in [-0.4, -0.2) is 36.5 Å². The maximum atomic E-state index is 12.1. The first-order valence-electron chi connectivity index (χ1n) is 7.63. The zero-order valence-corrected chi connectivity index (χ0v) is 15.1. The predicted molar refractivity (Wildman–Crippen MR) is 96.7 cm³/mol. The van der Waals surface area contributed by atoms with E-state index >= 15 is 0 Å². The van der Waals surface area contributed by atoms with Crippen molar-refractivity contribution in [2.45, 2.75) is 20.4 Å². The quantitative estimate of drug-likeness (QED) is 0.869. The number of rotatable bonds is 6. The van der Waals surface area contributed by atoms with Crippen molar-refractivity contribution >= 4 is 23.3 Å². The number of likely N-dealkylation sites (N-methyl/N-ethyl adjacent to an activating group) is 1. The second-order valence-corrected chi connectivity index (χ2v) is 6.28. The summed E-state index contributed by atoms with van der Waals surface area (Å²) in [5, 5.41) is 3.29. The van der Waals surface area contributed by atoms with Gasteiger partial charge in [0.25, 0.3) is 0 Å². The Hall–Kier alpha value is -2.11. The summed E-state index contributed by atoms with van der Waals surface area (Å²) >= 11 is 5.78. The Bertz CT molecular complexity index is 694. The van der Waals surface area contributed by atoms with E-state index in [-0.39, 0.29) is 12.5 Å². The molecule has 0 fully saturated rings. The van der Waals surface area contributed by atoms with E-state index in [0.717, 1.165) is 22.4 Å². The topological polar surface area (TPSA) is 54.5 Å². The molecule has 2 rings (SSSR count). The molecule has 128 valence electrons. The van der Waals surface area contributed by atoms with Crippen molar-refractivity contribution in [3.8, 4) is 5.75 Å². The van der Waals surface area contributed by atoms with E-state index in [9.17, 15) is 4.79 Å². The van der Waals surface area contributed by atoms with Crippen molar-refractivity contribution in [2.24, 2.45) is 0 Å². The number of ether oxygens (including phenoxy) is 1. The fourth-order valence-corrected chi connectivity index (χ4v) is 2.81. The summed E-state index contributed by atoms with van der Waals surface area (Å²) in [6.07, 6.45) is 1.50. The Morgan fingerprint density at radius 1 is 1.29 bits per heavy atom. The molecule has 6 heteroatoms. The molecule has 5 nitrogen and oxygen atoms in total. The van der Waals surface area contributed by atoms with E-state index < -0.39 is 0 Å².